The summed E-state index contributed by atoms with van der Waals surface area (Å²) in [5.74, 6) is 0.800. The van der Waals surface area contributed by atoms with Gasteiger partial charge in [0.2, 0.25) is 11.8 Å². The predicted octanol–water partition coefficient (Wildman–Crippen LogP) is 5.56. The largest absolute Gasteiger partial charge is 0.349 e. The number of nitrogens with one attached hydrogen (secondary N) is 1. The van der Waals surface area contributed by atoms with Crippen molar-refractivity contribution in [2.75, 3.05) is 26.2 Å². The lowest BCUT2D eigenvalue weighted by Crippen LogP contribution is -2.45. The third-order valence-corrected chi connectivity index (χ3v) is 8.09. The van der Waals surface area contributed by atoms with Gasteiger partial charge in [0, 0.05) is 30.5 Å². The van der Waals surface area contributed by atoms with Crippen LogP contribution in [0.25, 0.3) is 0 Å². The van der Waals surface area contributed by atoms with Crippen LogP contribution in [-0.2, 0) is 16.1 Å². The standard InChI is InChI=1S/C29H38BrN3O2/c1-22(2)20-27(34)31-26(24-6-4-3-5-7-24)12-16-32-17-13-29(14-18-32)15-19-33(28(29)35)21-23-8-10-25(30)11-9-23/h3-11,22,26H,12-21H2,1-2H3,(H,31,34)/t26-/m0/s1. The summed E-state index contributed by atoms with van der Waals surface area (Å²) < 4.78 is 1.06. The van der Waals surface area contributed by atoms with Crippen LogP contribution in [0.4, 0.5) is 0 Å². The van der Waals surface area contributed by atoms with Gasteiger partial charge in [0.15, 0.2) is 0 Å². The first kappa shape index (κ1) is 25.9. The van der Waals surface area contributed by atoms with Gasteiger partial charge in [-0.1, -0.05) is 72.2 Å². The summed E-state index contributed by atoms with van der Waals surface area (Å²) in [4.78, 5) is 30.4. The Bertz CT molecular complexity index is 985. The number of hydrogen-bond donors (Lipinski definition) is 1. The summed E-state index contributed by atoms with van der Waals surface area (Å²) in [6, 6.07) is 18.6. The molecule has 6 heteroatoms. The van der Waals surface area contributed by atoms with E-state index in [1.54, 1.807) is 0 Å². The average molecular weight is 541 g/mol. The van der Waals surface area contributed by atoms with Crippen LogP contribution >= 0.6 is 15.9 Å². The van der Waals surface area contributed by atoms with Crippen molar-refractivity contribution in [1.82, 2.24) is 15.1 Å². The van der Waals surface area contributed by atoms with Crippen molar-refractivity contribution in [1.29, 1.82) is 0 Å². The summed E-state index contributed by atoms with van der Waals surface area (Å²) >= 11 is 3.48. The molecule has 0 aliphatic carbocycles. The zero-order valence-corrected chi connectivity index (χ0v) is 22.6. The maximum Gasteiger partial charge on any atom is 0.229 e. The number of rotatable bonds is 9. The molecule has 2 fully saturated rings. The normalized spacial score (nSPS) is 18.9. The first-order valence-corrected chi connectivity index (χ1v) is 13.7. The Morgan fingerprint density at radius 2 is 1.66 bits per heavy atom. The number of amides is 2. The van der Waals surface area contributed by atoms with Crippen LogP contribution in [0.2, 0.25) is 0 Å². The molecular weight excluding hydrogens is 502 g/mol. The maximum atomic E-state index is 13.4. The van der Waals surface area contributed by atoms with Crippen LogP contribution in [0.1, 0.15) is 63.1 Å². The first-order valence-electron chi connectivity index (χ1n) is 13.0. The Labute approximate surface area is 218 Å². The quantitative estimate of drug-likeness (QED) is 0.454. The second-order valence-corrected chi connectivity index (χ2v) is 11.6. The lowest BCUT2D eigenvalue weighted by Gasteiger charge is -2.38. The highest BCUT2D eigenvalue weighted by molar-refractivity contribution is 9.10. The summed E-state index contributed by atoms with van der Waals surface area (Å²) in [6.45, 7) is 8.52. The molecule has 2 aromatic carbocycles. The van der Waals surface area contributed by atoms with Gasteiger partial charge in [0.05, 0.1) is 11.5 Å². The first-order chi connectivity index (χ1) is 16.8. The highest BCUT2D eigenvalue weighted by Crippen LogP contribution is 2.42. The minimum atomic E-state index is -0.184. The van der Waals surface area contributed by atoms with Crippen molar-refractivity contribution in [3.05, 3.63) is 70.2 Å². The summed E-state index contributed by atoms with van der Waals surface area (Å²) in [5.41, 5.74) is 2.16. The van der Waals surface area contributed by atoms with Crippen LogP contribution in [0.15, 0.2) is 59.1 Å². The van der Waals surface area contributed by atoms with E-state index in [1.165, 1.54) is 5.56 Å². The minimum Gasteiger partial charge on any atom is -0.349 e. The van der Waals surface area contributed by atoms with E-state index in [0.29, 0.717) is 24.8 Å². The van der Waals surface area contributed by atoms with E-state index in [0.717, 1.165) is 61.9 Å². The van der Waals surface area contributed by atoms with E-state index in [-0.39, 0.29) is 17.4 Å². The van der Waals surface area contributed by atoms with E-state index in [9.17, 15) is 9.59 Å². The molecule has 0 radical (unpaired) electrons. The van der Waals surface area contributed by atoms with Gasteiger partial charge in [0.1, 0.15) is 0 Å². The van der Waals surface area contributed by atoms with Crippen LogP contribution in [-0.4, -0.2) is 47.8 Å². The maximum absolute atomic E-state index is 13.4. The Kier molecular flexibility index (Phi) is 8.66. The number of piperidine rings is 1. The van der Waals surface area contributed by atoms with Crippen molar-refractivity contribution in [2.45, 2.75) is 58.5 Å². The van der Waals surface area contributed by atoms with Crippen molar-refractivity contribution in [3.63, 3.8) is 0 Å². The molecule has 0 saturated carbocycles. The van der Waals surface area contributed by atoms with E-state index in [2.05, 4.69) is 69.2 Å². The van der Waals surface area contributed by atoms with Gasteiger partial charge in [-0.2, -0.15) is 0 Å². The molecule has 188 valence electrons. The number of halogens is 1. The monoisotopic (exact) mass is 539 g/mol. The number of likely N-dealkylation sites (tertiary alicyclic amines) is 2. The van der Waals surface area contributed by atoms with Gasteiger partial charge in [-0.25, -0.2) is 0 Å². The lowest BCUT2D eigenvalue weighted by molar-refractivity contribution is -0.139. The fraction of sp³-hybridized carbons (Fsp3) is 0.517. The molecule has 0 unspecified atom stereocenters. The molecule has 0 aromatic heterocycles. The Balaban J connectivity index is 1.30. The van der Waals surface area contributed by atoms with Crippen LogP contribution in [0.3, 0.4) is 0 Å². The molecule has 5 nitrogen and oxygen atoms in total. The highest BCUT2D eigenvalue weighted by Gasteiger charge is 2.47. The minimum absolute atomic E-state index is 0.0212. The molecular formula is C29H38BrN3O2. The predicted molar refractivity (Wildman–Crippen MR) is 144 cm³/mol. The molecule has 2 aromatic rings. The third-order valence-electron chi connectivity index (χ3n) is 7.57. The number of benzene rings is 2. The van der Waals surface area contributed by atoms with Gasteiger partial charge in [-0.05, 0) is 68.0 Å². The molecule has 2 amide bonds. The second kappa shape index (κ2) is 11.7. The molecule has 1 N–H and O–H groups in total. The van der Waals surface area contributed by atoms with Crippen LogP contribution in [0, 0.1) is 11.3 Å². The summed E-state index contributed by atoms with van der Waals surface area (Å²) in [5, 5.41) is 3.26. The van der Waals surface area contributed by atoms with E-state index in [4.69, 9.17) is 0 Å². The molecule has 1 atom stereocenters. The smallest absolute Gasteiger partial charge is 0.229 e. The molecule has 2 aliphatic rings. The number of nitrogens with zero attached hydrogens (tertiary/aromatic N) is 2. The molecule has 1 spiro atoms. The van der Waals surface area contributed by atoms with E-state index in [1.807, 2.05) is 30.3 Å². The summed E-state index contributed by atoms with van der Waals surface area (Å²) in [7, 11) is 0. The lowest BCUT2D eigenvalue weighted by atomic mass is 9.77. The Morgan fingerprint density at radius 1 is 1.00 bits per heavy atom. The van der Waals surface area contributed by atoms with Crippen molar-refractivity contribution < 1.29 is 9.59 Å². The van der Waals surface area contributed by atoms with Gasteiger partial charge in [0.25, 0.3) is 0 Å². The van der Waals surface area contributed by atoms with Crippen molar-refractivity contribution >= 4 is 27.7 Å². The molecule has 0 bridgehead atoms. The SMILES string of the molecule is CC(C)CC(=O)N[C@@H](CCN1CCC2(CC1)CCN(Cc1ccc(Br)cc1)C2=O)c1ccccc1. The van der Waals surface area contributed by atoms with Gasteiger partial charge < -0.3 is 15.1 Å². The van der Waals surface area contributed by atoms with E-state index >= 15 is 0 Å². The number of carbonyl (C=O) groups is 2. The molecule has 4 rings (SSSR count). The summed E-state index contributed by atoms with van der Waals surface area (Å²) in [6.07, 6.45) is 4.25. The molecule has 35 heavy (non-hydrogen) atoms. The second-order valence-electron chi connectivity index (χ2n) is 10.6. The van der Waals surface area contributed by atoms with Crippen LogP contribution < -0.4 is 5.32 Å². The number of hydrogen-bond acceptors (Lipinski definition) is 3. The average Bonchev–Trinajstić information content (AvgIpc) is 3.14. The van der Waals surface area contributed by atoms with Gasteiger partial charge in [-0.3, -0.25) is 9.59 Å². The fourth-order valence-corrected chi connectivity index (χ4v) is 5.73. The zero-order valence-electron chi connectivity index (χ0n) is 21.0. The highest BCUT2D eigenvalue weighted by atomic mass is 79.9. The van der Waals surface area contributed by atoms with Gasteiger partial charge >= 0.3 is 0 Å². The van der Waals surface area contributed by atoms with E-state index < -0.39 is 0 Å². The Hall–Kier alpha value is -2.18. The zero-order chi connectivity index (χ0) is 24.8. The molecule has 2 saturated heterocycles. The fourth-order valence-electron chi connectivity index (χ4n) is 5.47. The van der Waals surface area contributed by atoms with Crippen molar-refractivity contribution in [2.24, 2.45) is 11.3 Å². The van der Waals surface area contributed by atoms with Crippen LogP contribution in [0.5, 0.6) is 0 Å². The van der Waals surface area contributed by atoms with Crippen molar-refractivity contribution in [3.8, 4) is 0 Å². The third kappa shape index (κ3) is 6.73. The number of carbonyl (C=O) groups excluding carboxylic acids is 2. The van der Waals surface area contributed by atoms with Gasteiger partial charge in [-0.15, -0.1) is 0 Å². The topological polar surface area (TPSA) is 52.7 Å². The molecule has 2 heterocycles. The molecule has 2 aliphatic heterocycles. The Morgan fingerprint density at radius 3 is 2.31 bits per heavy atom.